The van der Waals surface area contributed by atoms with Crippen molar-refractivity contribution in [2.24, 2.45) is 0 Å². The van der Waals surface area contributed by atoms with Crippen LogP contribution in [0.15, 0.2) is 15.9 Å². The van der Waals surface area contributed by atoms with Gasteiger partial charge in [0.15, 0.2) is 0 Å². The Hall–Kier alpha value is -0.430. The lowest BCUT2D eigenvalue weighted by Crippen LogP contribution is -2.49. The number of hydrogen-bond donors (Lipinski definition) is 1. The number of carbonyl (C=O) groups excluding carboxylic acids is 1. The van der Waals surface area contributed by atoms with Gasteiger partial charge >= 0.3 is 0 Å². The van der Waals surface area contributed by atoms with Gasteiger partial charge in [-0.15, -0.1) is 11.3 Å². The maximum absolute atomic E-state index is 11.9. The molecular formula is C15H24BrN3OS. The summed E-state index contributed by atoms with van der Waals surface area (Å²) in [7, 11) is 0. The molecule has 21 heavy (non-hydrogen) atoms. The monoisotopic (exact) mass is 373 g/mol. The summed E-state index contributed by atoms with van der Waals surface area (Å²) in [6.45, 7) is 9.70. The van der Waals surface area contributed by atoms with Crippen LogP contribution in [0.5, 0.6) is 0 Å². The van der Waals surface area contributed by atoms with Gasteiger partial charge < -0.3 is 5.32 Å². The fourth-order valence-corrected chi connectivity index (χ4v) is 3.91. The molecule has 1 aromatic heterocycles. The molecule has 1 atom stereocenters. The summed E-state index contributed by atoms with van der Waals surface area (Å²) in [5, 5.41) is 3.03. The van der Waals surface area contributed by atoms with E-state index in [2.05, 4.69) is 57.0 Å². The standard InChI is InChI=1S/C15H24BrN3OS/c1-3-12(2)17-15(20)11-19-8-6-18(7-9-19)10-13-4-5-14(16)21-13/h4-5,12H,3,6-11H2,1-2H3,(H,17,20). The highest BCUT2D eigenvalue weighted by Crippen LogP contribution is 2.23. The second-order valence-electron chi connectivity index (χ2n) is 5.63. The Kier molecular flexibility index (Phi) is 6.67. The van der Waals surface area contributed by atoms with Crippen LogP contribution in [0.25, 0.3) is 0 Å². The molecule has 0 saturated carbocycles. The van der Waals surface area contributed by atoms with Crippen molar-refractivity contribution < 1.29 is 4.79 Å². The summed E-state index contributed by atoms with van der Waals surface area (Å²) >= 11 is 5.31. The van der Waals surface area contributed by atoms with E-state index in [4.69, 9.17) is 0 Å². The van der Waals surface area contributed by atoms with Gasteiger partial charge in [0.25, 0.3) is 0 Å². The first-order chi connectivity index (χ1) is 10.1. The first-order valence-corrected chi connectivity index (χ1v) is 9.16. The zero-order valence-corrected chi connectivity index (χ0v) is 15.2. The maximum Gasteiger partial charge on any atom is 0.234 e. The van der Waals surface area contributed by atoms with Gasteiger partial charge in [0.05, 0.1) is 10.3 Å². The summed E-state index contributed by atoms with van der Waals surface area (Å²) < 4.78 is 1.19. The minimum atomic E-state index is 0.153. The number of nitrogens with one attached hydrogen (secondary N) is 1. The first-order valence-electron chi connectivity index (χ1n) is 7.55. The van der Waals surface area contributed by atoms with Crippen molar-refractivity contribution in [1.82, 2.24) is 15.1 Å². The lowest BCUT2D eigenvalue weighted by atomic mass is 10.2. The van der Waals surface area contributed by atoms with Crippen molar-refractivity contribution in [2.45, 2.75) is 32.9 Å². The third kappa shape index (κ3) is 5.70. The normalized spacial score (nSPS) is 18.6. The lowest BCUT2D eigenvalue weighted by molar-refractivity contribution is -0.123. The molecule has 4 nitrogen and oxygen atoms in total. The van der Waals surface area contributed by atoms with E-state index in [1.165, 1.54) is 8.66 Å². The second kappa shape index (κ2) is 8.27. The van der Waals surface area contributed by atoms with Crippen LogP contribution < -0.4 is 5.32 Å². The Morgan fingerprint density at radius 1 is 1.33 bits per heavy atom. The summed E-state index contributed by atoms with van der Waals surface area (Å²) in [6.07, 6.45) is 0.982. The fraction of sp³-hybridized carbons (Fsp3) is 0.667. The van der Waals surface area contributed by atoms with Gasteiger partial charge in [-0.05, 0) is 41.4 Å². The summed E-state index contributed by atoms with van der Waals surface area (Å²) in [6, 6.07) is 4.56. The molecule has 1 fully saturated rings. The average molecular weight is 374 g/mol. The van der Waals surface area contributed by atoms with Gasteiger partial charge in [0.1, 0.15) is 0 Å². The molecule has 2 heterocycles. The Morgan fingerprint density at radius 3 is 2.57 bits per heavy atom. The average Bonchev–Trinajstić information content (AvgIpc) is 2.86. The minimum absolute atomic E-state index is 0.153. The molecule has 1 saturated heterocycles. The van der Waals surface area contributed by atoms with Crippen LogP contribution >= 0.6 is 27.3 Å². The quantitative estimate of drug-likeness (QED) is 0.831. The van der Waals surface area contributed by atoms with E-state index in [1.54, 1.807) is 11.3 Å². The molecule has 0 radical (unpaired) electrons. The zero-order chi connectivity index (χ0) is 15.2. The summed E-state index contributed by atoms with van der Waals surface area (Å²) in [4.78, 5) is 18.0. The van der Waals surface area contributed by atoms with Gasteiger partial charge in [-0.3, -0.25) is 14.6 Å². The summed E-state index contributed by atoms with van der Waals surface area (Å²) in [5.74, 6) is 0.153. The predicted molar refractivity (Wildman–Crippen MR) is 91.6 cm³/mol. The molecule has 118 valence electrons. The molecule has 0 aliphatic carbocycles. The first kappa shape index (κ1) is 16.9. The van der Waals surface area contributed by atoms with Gasteiger partial charge in [0, 0.05) is 43.6 Å². The Balaban J connectivity index is 1.69. The van der Waals surface area contributed by atoms with E-state index in [0.29, 0.717) is 6.54 Å². The topological polar surface area (TPSA) is 35.6 Å². The molecule has 0 bridgehead atoms. The van der Waals surface area contributed by atoms with Gasteiger partial charge in [-0.1, -0.05) is 6.92 Å². The van der Waals surface area contributed by atoms with Crippen LogP contribution in [0.4, 0.5) is 0 Å². The molecule has 6 heteroatoms. The zero-order valence-electron chi connectivity index (χ0n) is 12.8. The van der Waals surface area contributed by atoms with E-state index in [9.17, 15) is 4.79 Å². The highest BCUT2D eigenvalue weighted by atomic mass is 79.9. The van der Waals surface area contributed by atoms with Gasteiger partial charge in [-0.2, -0.15) is 0 Å². The molecule has 1 aliphatic heterocycles. The number of amides is 1. The van der Waals surface area contributed by atoms with E-state index < -0.39 is 0 Å². The number of carbonyl (C=O) groups is 1. The van der Waals surface area contributed by atoms with Crippen LogP contribution in [0.2, 0.25) is 0 Å². The Morgan fingerprint density at radius 2 is 2.00 bits per heavy atom. The van der Waals surface area contributed by atoms with E-state index in [-0.39, 0.29) is 11.9 Å². The minimum Gasteiger partial charge on any atom is -0.353 e. The lowest BCUT2D eigenvalue weighted by Gasteiger charge is -2.34. The molecule has 1 unspecified atom stereocenters. The van der Waals surface area contributed by atoms with Crippen molar-refractivity contribution in [2.75, 3.05) is 32.7 Å². The Bertz CT molecular complexity index is 458. The molecule has 1 N–H and O–H groups in total. The molecule has 0 aromatic carbocycles. The number of rotatable bonds is 6. The predicted octanol–water partition coefficient (Wildman–Crippen LogP) is 2.54. The molecule has 2 rings (SSSR count). The van der Waals surface area contributed by atoms with Crippen molar-refractivity contribution in [3.05, 3.63) is 20.8 Å². The molecule has 1 amide bonds. The number of hydrogen-bond acceptors (Lipinski definition) is 4. The van der Waals surface area contributed by atoms with Crippen molar-refractivity contribution in [1.29, 1.82) is 0 Å². The number of thiophene rings is 1. The number of piperazine rings is 1. The van der Waals surface area contributed by atoms with E-state index in [0.717, 1.165) is 39.1 Å². The maximum atomic E-state index is 11.9. The highest BCUT2D eigenvalue weighted by molar-refractivity contribution is 9.11. The van der Waals surface area contributed by atoms with E-state index in [1.807, 2.05) is 0 Å². The second-order valence-corrected chi connectivity index (χ2v) is 8.18. The van der Waals surface area contributed by atoms with Crippen molar-refractivity contribution >= 4 is 33.2 Å². The van der Waals surface area contributed by atoms with Crippen LogP contribution in [-0.4, -0.2) is 54.5 Å². The third-order valence-electron chi connectivity index (χ3n) is 3.86. The summed E-state index contributed by atoms with van der Waals surface area (Å²) in [5.41, 5.74) is 0. The largest absolute Gasteiger partial charge is 0.353 e. The Labute approximate surface area is 139 Å². The van der Waals surface area contributed by atoms with Crippen LogP contribution in [0.3, 0.4) is 0 Å². The third-order valence-corrected chi connectivity index (χ3v) is 5.47. The van der Waals surface area contributed by atoms with Crippen LogP contribution in [-0.2, 0) is 11.3 Å². The highest BCUT2D eigenvalue weighted by Gasteiger charge is 2.19. The van der Waals surface area contributed by atoms with Gasteiger partial charge in [-0.25, -0.2) is 0 Å². The number of nitrogens with zero attached hydrogens (tertiary/aromatic N) is 2. The van der Waals surface area contributed by atoms with Crippen LogP contribution in [0.1, 0.15) is 25.1 Å². The van der Waals surface area contributed by atoms with Crippen molar-refractivity contribution in [3.8, 4) is 0 Å². The van der Waals surface area contributed by atoms with Crippen LogP contribution in [0, 0.1) is 0 Å². The van der Waals surface area contributed by atoms with Crippen molar-refractivity contribution in [3.63, 3.8) is 0 Å². The van der Waals surface area contributed by atoms with E-state index >= 15 is 0 Å². The molecule has 1 aliphatic rings. The molecular weight excluding hydrogens is 350 g/mol. The van der Waals surface area contributed by atoms with Gasteiger partial charge in [0.2, 0.25) is 5.91 Å². The molecule has 1 aromatic rings. The molecule has 0 spiro atoms. The fourth-order valence-electron chi connectivity index (χ4n) is 2.39. The number of halogens is 1. The smallest absolute Gasteiger partial charge is 0.234 e. The SMILES string of the molecule is CCC(C)NC(=O)CN1CCN(Cc2ccc(Br)s2)CC1.